The highest BCUT2D eigenvalue weighted by molar-refractivity contribution is 6.18. The van der Waals surface area contributed by atoms with Gasteiger partial charge in [0.05, 0.1) is 0 Å². The fourth-order valence-electron chi connectivity index (χ4n) is 1.09. The number of halogens is 1. The van der Waals surface area contributed by atoms with Crippen LogP contribution >= 0.6 is 11.6 Å². The van der Waals surface area contributed by atoms with E-state index in [0.29, 0.717) is 18.1 Å². The maximum atomic E-state index is 11.3. The standard InChI is InChI=1S/C11H12ClN3O/c12-5-7-14-11(16)15-10-3-1-2-9(8-10)4-6-13/h1-3,8H,5,7,13H2,(H2,14,15,16). The van der Waals surface area contributed by atoms with Gasteiger partial charge >= 0.3 is 6.03 Å². The lowest BCUT2D eigenvalue weighted by Gasteiger charge is -2.06. The van der Waals surface area contributed by atoms with E-state index >= 15 is 0 Å². The van der Waals surface area contributed by atoms with Crippen molar-refractivity contribution < 1.29 is 4.79 Å². The Kier molecular flexibility index (Phi) is 5.03. The normalized spacial score (nSPS) is 8.81. The number of hydrogen-bond donors (Lipinski definition) is 3. The second kappa shape index (κ2) is 6.59. The molecule has 4 nitrogen and oxygen atoms in total. The Balaban J connectivity index is 2.62. The van der Waals surface area contributed by atoms with Crippen molar-refractivity contribution in [2.75, 3.05) is 17.7 Å². The van der Waals surface area contributed by atoms with Crippen LogP contribution in [0.5, 0.6) is 0 Å². The summed E-state index contributed by atoms with van der Waals surface area (Å²) in [6.07, 6.45) is 0. The Morgan fingerprint density at radius 2 is 2.31 bits per heavy atom. The molecule has 1 aromatic carbocycles. The van der Waals surface area contributed by atoms with E-state index in [2.05, 4.69) is 22.6 Å². The van der Waals surface area contributed by atoms with E-state index in [1.165, 1.54) is 0 Å². The predicted octanol–water partition coefficient (Wildman–Crippen LogP) is 1.31. The van der Waals surface area contributed by atoms with Crippen molar-refractivity contribution in [3.63, 3.8) is 0 Å². The van der Waals surface area contributed by atoms with E-state index in [1.807, 2.05) is 6.07 Å². The molecule has 0 unspecified atom stereocenters. The van der Waals surface area contributed by atoms with Gasteiger partial charge in [-0.15, -0.1) is 11.6 Å². The van der Waals surface area contributed by atoms with Gasteiger partial charge in [-0.25, -0.2) is 4.79 Å². The lowest BCUT2D eigenvalue weighted by molar-refractivity contribution is 0.252. The van der Waals surface area contributed by atoms with Crippen LogP contribution in [0, 0.1) is 12.0 Å². The number of amides is 2. The van der Waals surface area contributed by atoms with Crippen molar-refractivity contribution in [3.05, 3.63) is 29.8 Å². The molecule has 1 aromatic rings. The summed E-state index contributed by atoms with van der Waals surface area (Å²) >= 11 is 5.44. The van der Waals surface area contributed by atoms with Crippen molar-refractivity contribution >= 4 is 23.3 Å². The first kappa shape index (κ1) is 12.2. The van der Waals surface area contributed by atoms with E-state index in [-0.39, 0.29) is 6.03 Å². The van der Waals surface area contributed by atoms with Gasteiger partial charge in [-0.3, -0.25) is 0 Å². The van der Waals surface area contributed by atoms with Gasteiger partial charge in [0, 0.05) is 29.7 Å². The second-order valence-corrected chi connectivity index (χ2v) is 3.30. The van der Waals surface area contributed by atoms with E-state index in [4.69, 9.17) is 17.3 Å². The molecule has 0 heterocycles. The average Bonchev–Trinajstić information content (AvgIpc) is 2.27. The van der Waals surface area contributed by atoms with Gasteiger partial charge in [-0.1, -0.05) is 6.07 Å². The highest BCUT2D eigenvalue weighted by Gasteiger charge is 2.00. The first-order chi connectivity index (χ1) is 7.76. The van der Waals surface area contributed by atoms with Crippen LogP contribution in [0.3, 0.4) is 0 Å². The summed E-state index contributed by atoms with van der Waals surface area (Å²) in [5, 5.41) is 5.25. The number of hydrogen-bond acceptors (Lipinski definition) is 2. The van der Waals surface area contributed by atoms with Crippen molar-refractivity contribution in [3.8, 4) is 12.0 Å². The third-order valence-corrected chi connectivity index (χ3v) is 1.91. The summed E-state index contributed by atoms with van der Waals surface area (Å²) in [5.41, 5.74) is 6.51. The number of benzene rings is 1. The highest BCUT2D eigenvalue weighted by Crippen LogP contribution is 2.09. The lowest BCUT2D eigenvalue weighted by Crippen LogP contribution is -2.30. The number of nitrogens with one attached hydrogen (secondary N) is 2. The smallest absolute Gasteiger partial charge is 0.319 e. The van der Waals surface area contributed by atoms with E-state index < -0.39 is 0 Å². The molecule has 0 saturated heterocycles. The Morgan fingerprint density at radius 1 is 1.50 bits per heavy atom. The predicted molar refractivity (Wildman–Crippen MR) is 65.2 cm³/mol. The van der Waals surface area contributed by atoms with Gasteiger partial charge in [0.25, 0.3) is 0 Å². The van der Waals surface area contributed by atoms with Crippen molar-refractivity contribution in [2.24, 2.45) is 5.73 Å². The molecule has 84 valence electrons. The number of nitrogens with two attached hydrogens (primary N) is 1. The van der Waals surface area contributed by atoms with E-state index in [9.17, 15) is 4.79 Å². The van der Waals surface area contributed by atoms with Crippen LogP contribution in [0.25, 0.3) is 0 Å². The zero-order valence-corrected chi connectivity index (χ0v) is 9.34. The summed E-state index contributed by atoms with van der Waals surface area (Å²) in [6, 6.07) is 9.11. The Labute approximate surface area is 99.2 Å². The highest BCUT2D eigenvalue weighted by atomic mass is 35.5. The van der Waals surface area contributed by atoms with Gasteiger partial charge in [0.2, 0.25) is 0 Å². The number of urea groups is 1. The SMILES string of the molecule is NC#Cc1cccc(NC(=O)NCCCl)c1. The van der Waals surface area contributed by atoms with Crippen molar-refractivity contribution in [2.45, 2.75) is 0 Å². The molecule has 0 aliphatic rings. The maximum absolute atomic E-state index is 11.3. The van der Waals surface area contributed by atoms with Crippen molar-refractivity contribution in [1.29, 1.82) is 0 Å². The Morgan fingerprint density at radius 3 is 3.00 bits per heavy atom. The third-order valence-electron chi connectivity index (χ3n) is 1.72. The molecule has 0 aliphatic carbocycles. The molecule has 2 amide bonds. The molecule has 0 bridgehead atoms. The van der Waals surface area contributed by atoms with Gasteiger partial charge in [-0.05, 0) is 24.1 Å². The van der Waals surface area contributed by atoms with E-state index in [1.54, 1.807) is 18.2 Å². The average molecular weight is 238 g/mol. The molecular weight excluding hydrogens is 226 g/mol. The maximum Gasteiger partial charge on any atom is 0.319 e. The van der Waals surface area contributed by atoms with Crippen LogP contribution in [0.15, 0.2) is 24.3 Å². The van der Waals surface area contributed by atoms with Crippen LogP contribution in [-0.2, 0) is 0 Å². The molecule has 16 heavy (non-hydrogen) atoms. The summed E-state index contributed by atoms with van der Waals surface area (Å²) < 4.78 is 0. The number of anilines is 1. The summed E-state index contributed by atoms with van der Waals surface area (Å²) in [5.74, 6) is 3.08. The molecule has 0 atom stereocenters. The van der Waals surface area contributed by atoms with Gasteiger partial charge in [0.15, 0.2) is 0 Å². The summed E-state index contributed by atoms with van der Waals surface area (Å²) in [7, 11) is 0. The Bertz CT molecular complexity index is 423. The molecule has 0 aromatic heterocycles. The largest absolute Gasteiger partial charge is 0.359 e. The number of carbonyl (C=O) groups excluding carboxylic acids is 1. The van der Waals surface area contributed by atoms with Crippen molar-refractivity contribution in [1.82, 2.24) is 5.32 Å². The minimum absolute atomic E-state index is 0.293. The minimum Gasteiger partial charge on any atom is -0.359 e. The molecule has 5 heteroatoms. The molecule has 0 saturated carbocycles. The number of alkyl halides is 1. The minimum atomic E-state index is -0.293. The monoisotopic (exact) mass is 237 g/mol. The first-order valence-corrected chi connectivity index (χ1v) is 5.22. The van der Waals surface area contributed by atoms with Gasteiger partial charge in [-0.2, -0.15) is 0 Å². The quantitative estimate of drug-likeness (QED) is 0.422. The fourth-order valence-corrected chi connectivity index (χ4v) is 1.19. The fraction of sp³-hybridized carbons (Fsp3) is 0.182. The molecule has 0 radical (unpaired) electrons. The van der Waals surface area contributed by atoms with Crippen LogP contribution in [0.1, 0.15) is 5.56 Å². The zero-order valence-electron chi connectivity index (χ0n) is 8.59. The lowest BCUT2D eigenvalue weighted by atomic mass is 10.2. The number of rotatable bonds is 3. The second-order valence-electron chi connectivity index (χ2n) is 2.92. The molecule has 1 rings (SSSR count). The third kappa shape index (κ3) is 4.11. The first-order valence-electron chi connectivity index (χ1n) is 4.68. The van der Waals surface area contributed by atoms with Crippen LogP contribution in [0.2, 0.25) is 0 Å². The summed E-state index contributed by atoms with van der Waals surface area (Å²) in [4.78, 5) is 11.3. The molecule has 0 fully saturated rings. The molecule has 0 spiro atoms. The molecular formula is C11H12ClN3O. The zero-order chi connectivity index (χ0) is 11.8. The van der Waals surface area contributed by atoms with Crippen LogP contribution < -0.4 is 16.4 Å². The van der Waals surface area contributed by atoms with Crippen LogP contribution in [-0.4, -0.2) is 18.5 Å². The van der Waals surface area contributed by atoms with Gasteiger partial charge < -0.3 is 16.4 Å². The van der Waals surface area contributed by atoms with E-state index in [0.717, 1.165) is 5.56 Å². The summed E-state index contributed by atoms with van der Waals surface area (Å²) in [6.45, 7) is 0.426. The molecule has 0 aliphatic heterocycles. The Hall–Kier alpha value is -1.86. The molecule has 4 N–H and O–H groups in total. The van der Waals surface area contributed by atoms with Crippen LogP contribution in [0.4, 0.5) is 10.5 Å². The topological polar surface area (TPSA) is 67.1 Å². The van der Waals surface area contributed by atoms with Gasteiger partial charge in [0.1, 0.15) is 0 Å². The number of carbonyl (C=O) groups is 1.